The molecule has 4 heteroatoms. The summed E-state index contributed by atoms with van der Waals surface area (Å²) >= 11 is 0. The minimum absolute atomic E-state index is 0.0449. The summed E-state index contributed by atoms with van der Waals surface area (Å²) in [5.41, 5.74) is 3.88. The second kappa shape index (κ2) is 5.95. The summed E-state index contributed by atoms with van der Waals surface area (Å²) in [6.45, 7) is 4.10. The van der Waals surface area contributed by atoms with Gasteiger partial charge in [0.1, 0.15) is 17.9 Å². The molecule has 0 radical (unpaired) electrons. The first-order chi connectivity index (χ1) is 10.6. The maximum absolute atomic E-state index is 13.2. The van der Waals surface area contributed by atoms with E-state index in [0.717, 1.165) is 47.5 Å². The van der Waals surface area contributed by atoms with Gasteiger partial charge in [-0.1, -0.05) is 13.8 Å². The summed E-state index contributed by atoms with van der Waals surface area (Å²) in [7, 11) is 0. The quantitative estimate of drug-likeness (QED) is 0.811. The van der Waals surface area contributed by atoms with Crippen molar-refractivity contribution in [1.82, 2.24) is 9.97 Å². The number of nitrogens with zero attached hydrogens (tertiary/aromatic N) is 2. The van der Waals surface area contributed by atoms with E-state index in [2.05, 4.69) is 18.8 Å². The number of hydrogen-bond donors (Lipinski definition) is 0. The normalized spacial score (nSPS) is 17.4. The first kappa shape index (κ1) is 14.8. The number of aldehydes is 1. The van der Waals surface area contributed by atoms with Crippen molar-refractivity contribution < 1.29 is 9.18 Å². The lowest BCUT2D eigenvalue weighted by atomic mass is 9.85. The number of rotatable bonds is 3. The lowest BCUT2D eigenvalue weighted by molar-refractivity contribution is -0.111. The molecule has 0 amide bonds. The lowest BCUT2D eigenvalue weighted by Crippen LogP contribution is -2.20. The Kier molecular flexibility index (Phi) is 4.01. The van der Waals surface area contributed by atoms with Crippen molar-refractivity contribution in [3.05, 3.63) is 47.2 Å². The SMILES string of the molecule is CC(C)c1nc2c(c(-c3ccc(F)cc3)n1)CCC(C=O)C2. The third-order valence-corrected chi connectivity index (χ3v) is 4.16. The van der Waals surface area contributed by atoms with Crippen LogP contribution in [0.4, 0.5) is 4.39 Å². The molecule has 1 unspecified atom stereocenters. The predicted octanol–water partition coefficient (Wildman–Crippen LogP) is 3.71. The van der Waals surface area contributed by atoms with Crippen molar-refractivity contribution >= 4 is 6.29 Å². The van der Waals surface area contributed by atoms with Crippen LogP contribution in [0.1, 0.15) is 43.3 Å². The van der Waals surface area contributed by atoms with Crippen molar-refractivity contribution in [3.8, 4) is 11.3 Å². The Morgan fingerprint density at radius 3 is 2.59 bits per heavy atom. The van der Waals surface area contributed by atoms with Crippen molar-refractivity contribution in [1.29, 1.82) is 0 Å². The van der Waals surface area contributed by atoms with Gasteiger partial charge in [0.25, 0.3) is 0 Å². The molecule has 3 rings (SSSR count). The summed E-state index contributed by atoms with van der Waals surface area (Å²) in [4.78, 5) is 20.5. The standard InChI is InChI=1S/C18H19FN2O/c1-11(2)18-20-16-9-12(10-22)3-8-15(16)17(21-18)13-4-6-14(19)7-5-13/h4-7,10-12H,3,8-9H2,1-2H3. The second-order valence-corrected chi connectivity index (χ2v) is 6.16. The average molecular weight is 298 g/mol. The van der Waals surface area contributed by atoms with Crippen LogP contribution in [-0.4, -0.2) is 16.3 Å². The Labute approximate surface area is 129 Å². The van der Waals surface area contributed by atoms with Crippen molar-refractivity contribution in [2.75, 3.05) is 0 Å². The maximum Gasteiger partial charge on any atom is 0.131 e. The van der Waals surface area contributed by atoms with E-state index in [0.29, 0.717) is 6.42 Å². The summed E-state index contributed by atoms with van der Waals surface area (Å²) in [6, 6.07) is 6.42. The van der Waals surface area contributed by atoms with E-state index in [1.165, 1.54) is 12.1 Å². The lowest BCUT2D eigenvalue weighted by Gasteiger charge is -2.23. The van der Waals surface area contributed by atoms with Crippen LogP contribution in [0.25, 0.3) is 11.3 Å². The summed E-state index contributed by atoms with van der Waals surface area (Å²) in [6.07, 6.45) is 3.33. The Hall–Kier alpha value is -2.10. The van der Waals surface area contributed by atoms with E-state index in [4.69, 9.17) is 4.98 Å². The molecule has 0 N–H and O–H groups in total. The van der Waals surface area contributed by atoms with E-state index >= 15 is 0 Å². The molecule has 1 atom stereocenters. The zero-order chi connectivity index (χ0) is 15.7. The predicted molar refractivity (Wildman–Crippen MR) is 83.1 cm³/mol. The Morgan fingerprint density at radius 2 is 1.95 bits per heavy atom. The molecule has 2 aromatic rings. The molecule has 0 saturated carbocycles. The molecule has 1 aliphatic rings. The zero-order valence-electron chi connectivity index (χ0n) is 12.8. The van der Waals surface area contributed by atoms with Crippen LogP contribution in [0, 0.1) is 11.7 Å². The first-order valence-corrected chi connectivity index (χ1v) is 7.69. The number of fused-ring (bicyclic) bond motifs is 1. The molecule has 114 valence electrons. The summed E-state index contributed by atoms with van der Waals surface area (Å²) in [5.74, 6) is 0.783. The van der Waals surface area contributed by atoms with Gasteiger partial charge in [0.05, 0.1) is 5.69 Å². The van der Waals surface area contributed by atoms with Crippen LogP contribution in [0.5, 0.6) is 0 Å². The minimum Gasteiger partial charge on any atom is -0.303 e. The molecule has 0 bridgehead atoms. The van der Waals surface area contributed by atoms with Crippen molar-refractivity contribution in [3.63, 3.8) is 0 Å². The largest absolute Gasteiger partial charge is 0.303 e. The number of carbonyl (C=O) groups excluding carboxylic acids is 1. The van der Waals surface area contributed by atoms with Gasteiger partial charge in [-0.2, -0.15) is 0 Å². The summed E-state index contributed by atoms with van der Waals surface area (Å²) in [5, 5.41) is 0. The molecule has 0 fully saturated rings. The van der Waals surface area contributed by atoms with E-state index in [1.807, 2.05) is 0 Å². The molecular formula is C18H19FN2O. The van der Waals surface area contributed by atoms with Crippen molar-refractivity contribution in [2.24, 2.45) is 5.92 Å². The van der Waals surface area contributed by atoms with Crippen LogP contribution in [-0.2, 0) is 17.6 Å². The van der Waals surface area contributed by atoms with Crippen LogP contribution in [0.3, 0.4) is 0 Å². The number of aromatic nitrogens is 2. The Balaban J connectivity index is 2.14. The van der Waals surface area contributed by atoms with Gasteiger partial charge >= 0.3 is 0 Å². The third kappa shape index (κ3) is 2.78. The van der Waals surface area contributed by atoms with Gasteiger partial charge in [0.2, 0.25) is 0 Å². The van der Waals surface area contributed by atoms with Gasteiger partial charge in [0.15, 0.2) is 0 Å². The minimum atomic E-state index is -0.253. The van der Waals surface area contributed by atoms with Gasteiger partial charge in [-0.15, -0.1) is 0 Å². The van der Waals surface area contributed by atoms with Gasteiger partial charge in [-0.05, 0) is 43.5 Å². The van der Waals surface area contributed by atoms with Gasteiger partial charge in [-0.3, -0.25) is 0 Å². The Bertz CT molecular complexity index is 695. The molecule has 1 aliphatic carbocycles. The van der Waals surface area contributed by atoms with Gasteiger partial charge in [0, 0.05) is 28.7 Å². The third-order valence-electron chi connectivity index (χ3n) is 4.16. The topological polar surface area (TPSA) is 42.9 Å². The highest BCUT2D eigenvalue weighted by Crippen LogP contribution is 2.32. The summed E-state index contributed by atoms with van der Waals surface area (Å²) < 4.78 is 13.2. The molecule has 22 heavy (non-hydrogen) atoms. The molecule has 3 nitrogen and oxygen atoms in total. The molecule has 0 saturated heterocycles. The fourth-order valence-corrected chi connectivity index (χ4v) is 2.88. The monoisotopic (exact) mass is 298 g/mol. The molecule has 1 heterocycles. The number of halogens is 1. The van der Waals surface area contributed by atoms with Crippen LogP contribution in [0.15, 0.2) is 24.3 Å². The fourth-order valence-electron chi connectivity index (χ4n) is 2.88. The molecule has 1 aromatic carbocycles. The van der Waals surface area contributed by atoms with E-state index in [-0.39, 0.29) is 17.7 Å². The number of hydrogen-bond acceptors (Lipinski definition) is 3. The van der Waals surface area contributed by atoms with Gasteiger partial charge < -0.3 is 4.79 Å². The van der Waals surface area contributed by atoms with Crippen LogP contribution >= 0.6 is 0 Å². The number of benzene rings is 1. The molecular weight excluding hydrogens is 279 g/mol. The second-order valence-electron chi connectivity index (χ2n) is 6.16. The molecule has 1 aromatic heterocycles. The van der Waals surface area contributed by atoms with Crippen LogP contribution < -0.4 is 0 Å². The van der Waals surface area contributed by atoms with Crippen LogP contribution in [0.2, 0.25) is 0 Å². The average Bonchev–Trinajstić information content (AvgIpc) is 2.54. The fraction of sp³-hybridized carbons (Fsp3) is 0.389. The van der Waals surface area contributed by atoms with Gasteiger partial charge in [-0.25, -0.2) is 14.4 Å². The maximum atomic E-state index is 13.2. The van der Waals surface area contributed by atoms with E-state index in [9.17, 15) is 9.18 Å². The molecule has 0 spiro atoms. The molecule has 0 aliphatic heterocycles. The highest BCUT2D eigenvalue weighted by atomic mass is 19.1. The highest BCUT2D eigenvalue weighted by molar-refractivity contribution is 5.65. The Morgan fingerprint density at radius 1 is 1.23 bits per heavy atom. The smallest absolute Gasteiger partial charge is 0.131 e. The zero-order valence-corrected chi connectivity index (χ0v) is 12.8. The highest BCUT2D eigenvalue weighted by Gasteiger charge is 2.24. The van der Waals surface area contributed by atoms with E-state index in [1.54, 1.807) is 12.1 Å². The number of carbonyl (C=O) groups is 1. The van der Waals surface area contributed by atoms with Crippen molar-refractivity contribution in [2.45, 2.75) is 39.0 Å². The first-order valence-electron chi connectivity index (χ1n) is 7.69. The van der Waals surface area contributed by atoms with E-state index < -0.39 is 0 Å².